The van der Waals surface area contributed by atoms with Crippen LogP contribution in [0.1, 0.15) is 18.2 Å². The summed E-state index contributed by atoms with van der Waals surface area (Å²) in [7, 11) is 0. The molecule has 0 fully saturated rings. The van der Waals surface area contributed by atoms with E-state index in [1.165, 1.54) is 6.07 Å². The van der Waals surface area contributed by atoms with Crippen molar-refractivity contribution in [3.05, 3.63) is 88.4 Å². The molecule has 0 saturated heterocycles. The van der Waals surface area contributed by atoms with Crippen molar-refractivity contribution in [3.63, 3.8) is 0 Å². The first-order chi connectivity index (χ1) is 14.5. The number of guanidine groups is 1. The van der Waals surface area contributed by atoms with Crippen molar-refractivity contribution in [2.24, 2.45) is 4.99 Å². The molecule has 0 aliphatic heterocycles. The highest BCUT2D eigenvalue weighted by molar-refractivity contribution is 9.10. The Morgan fingerprint density at radius 2 is 1.97 bits per heavy atom. The number of aromatic hydroxyl groups is 1. The van der Waals surface area contributed by atoms with Gasteiger partial charge < -0.3 is 15.3 Å². The number of pyridine rings is 1. The number of hydrogen-bond donors (Lipinski definition) is 2. The topological polar surface area (TPSA) is 60.8 Å². The van der Waals surface area contributed by atoms with Crippen LogP contribution in [0.15, 0.2) is 76.3 Å². The van der Waals surface area contributed by atoms with Crippen LogP contribution in [0, 0.1) is 5.82 Å². The van der Waals surface area contributed by atoms with E-state index in [-0.39, 0.29) is 18.1 Å². The lowest BCUT2D eigenvalue weighted by Gasteiger charge is -2.25. The first kappa shape index (κ1) is 21.8. The number of benzene rings is 2. The lowest BCUT2D eigenvalue weighted by Crippen LogP contribution is -2.38. The molecule has 0 spiro atoms. The molecule has 0 saturated carbocycles. The standard InChI is InChI=1S/C23H24BrFN4O/c1-2-29(14-12-19-5-3-4-13-26-19)23(28-20-7-9-21(30)10-8-20)27-16-17-15-18(24)6-11-22(17)25/h3-11,13,15,30H,2,12,14,16H2,1H3,(H,27,28). The number of halogens is 2. The van der Waals surface area contributed by atoms with Gasteiger partial charge in [-0.2, -0.15) is 0 Å². The first-order valence-corrected chi connectivity index (χ1v) is 10.5. The molecule has 5 nitrogen and oxygen atoms in total. The Hall–Kier alpha value is -2.93. The number of rotatable bonds is 7. The van der Waals surface area contributed by atoms with Gasteiger partial charge >= 0.3 is 0 Å². The average Bonchev–Trinajstić information content (AvgIpc) is 2.76. The Labute approximate surface area is 184 Å². The maximum atomic E-state index is 14.2. The number of anilines is 1. The van der Waals surface area contributed by atoms with E-state index in [9.17, 15) is 9.50 Å². The van der Waals surface area contributed by atoms with Crippen LogP contribution < -0.4 is 5.32 Å². The maximum absolute atomic E-state index is 14.2. The van der Waals surface area contributed by atoms with E-state index >= 15 is 0 Å². The molecule has 156 valence electrons. The van der Waals surface area contributed by atoms with Crippen LogP contribution in [0.2, 0.25) is 0 Å². The van der Waals surface area contributed by atoms with Gasteiger partial charge in [-0.05, 0) is 61.5 Å². The van der Waals surface area contributed by atoms with Crippen molar-refractivity contribution in [1.29, 1.82) is 0 Å². The molecular weight excluding hydrogens is 447 g/mol. The molecule has 3 aromatic rings. The van der Waals surface area contributed by atoms with Crippen molar-refractivity contribution in [1.82, 2.24) is 9.88 Å². The molecule has 0 aliphatic carbocycles. The second kappa shape index (κ2) is 10.7. The molecule has 0 aliphatic rings. The third-order valence-corrected chi connectivity index (χ3v) is 5.07. The zero-order valence-corrected chi connectivity index (χ0v) is 18.3. The quantitative estimate of drug-likeness (QED) is 0.282. The van der Waals surface area contributed by atoms with Crippen LogP contribution in [0.3, 0.4) is 0 Å². The summed E-state index contributed by atoms with van der Waals surface area (Å²) in [6.07, 6.45) is 2.54. The van der Waals surface area contributed by atoms with Gasteiger partial charge in [-0.15, -0.1) is 0 Å². The van der Waals surface area contributed by atoms with Gasteiger partial charge in [0.05, 0.1) is 6.54 Å². The average molecular weight is 471 g/mol. The summed E-state index contributed by atoms with van der Waals surface area (Å²) >= 11 is 3.39. The maximum Gasteiger partial charge on any atom is 0.198 e. The van der Waals surface area contributed by atoms with Gasteiger partial charge in [0.15, 0.2) is 5.96 Å². The van der Waals surface area contributed by atoms with Gasteiger partial charge in [-0.3, -0.25) is 4.98 Å². The Kier molecular flexibility index (Phi) is 7.79. The Bertz CT molecular complexity index is 980. The molecule has 2 aromatic carbocycles. The molecule has 1 aromatic heterocycles. The Balaban J connectivity index is 1.82. The lowest BCUT2D eigenvalue weighted by atomic mass is 10.2. The lowest BCUT2D eigenvalue weighted by molar-refractivity contribution is 0.439. The Morgan fingerprint density at radius 1 is 1.17 bits per heavy atom. The van der Waals surface area contributed by atoms with Gasteiger partial charge in [-0.1, -0.05) is 22.0 Å². The van der Waals surface area contributed by atoms with Crippen LogP contribution in [-0.4, -0.2) is 34.0 Å². The van der Waals surface area contributed by atoms with Crippen molar-refractivity contribution in [2.45, 2.75) is 19.9 Å². The summed E-state index contributed by atoms with van der Waals surface area (Å²) in [4.78, 5) is 11.2. The molecule has 0 atom stereocenters. The van der Waals surface area contributed by atoms with Gasteiger partial charge in [0.2, 0.25) is 0 Å². The highest BCUT2D eigenvalue weighted by Crippen LogP contribution is 2.18. The van der Waals surface area contributed by atoms with Crippen LogP contribution in [0.25, 0.3) is 0 Å². The van der Waals surface area contributed by atoms with E-state index < -0.39 is 0 Å². The number of nitrogens with zero attached hydrogens (tertiary/aromatic N) is 3. The van der Waals surface area contributed by atoms with Crippen LogP contribution >= 0.6 is 15.9 Å². The van der Waals surface area contributed by atoms with E-state index in [4.69, 9.17) is 0 Å². The number of aromatic nitrogens is 1. The molecule has 30 heavy (non-hydrogen) atoms. The second-order valence-corrected chi connectivity index (χ2v) is 7.61. The molecule has 0 bridgehead atoms. The molecular formula is C23H24BrFN4O. The summed E-state index contributed by atoms with van der Waals surface area (Å²) < 4.78 is 15.0. The third-order valence-electron chi connectivity index (χ3n) is 4.58. The fraction of sp³-hybridized carbons (Fsp3) is 0.217. The van der Waals surface area contributed by atoms with Crippen molar-refractivity contribution >= 4 is 27.6 Å². The molecule has 7 heteroatoms. The summed E-state index contributed by atoms with van der Waals surface area (Å²) in [6, 6.07) is 17.5. The van der Waals surface area contributed by atoms with Crippen LogP contribution in [-0.2, 0) is 13.0 Å². The monoisotopic (exact) mass is 470 g/mol. The van der Waals surface area contributed by atoms with Gasteiger partial charge in [0.25, 0.3) is 0 Å². The van der Waals surface area contributed by atoms with Crippen molar-refractivity contribution in [2.75, 3.05) is 18.4 Å². The molecule has 3 rings (SSSR count). The highest BCUT2D eigenvalue weighted by Gasteiger charge is 2.12. The minimum atomic E-state index is -0.289. The van der Waals surface area contributed by atoms with E-state index in [0.29, 0.717) is 18.1 Å². The number of phenolic OH excluding ortho intramolecular Hbond substituents is 1. The van der Waals surface area contributed by atoms with E-state index in [1.807, 2.05) is 25.1 Å². The van der Waals surface area contributed by atoms with Crippen LogP contribution in [0.5, 0.6) is 5.75 Å². The zero-order chi connectivity index (χ0) is 21.3. The van der Waals surface area contributed by atoms with Gasteiger partial charge in [-0.25, -0.2) is 9.38 Å². The zero-order valence-electron chi connectivity index (χ0n) is 16.7. The minimum Gasteiger partial charge on any atom is -0.508 e. The number of hydrogen-bond acceptors (Lipinski definition) is 3. The summed E-state index contributed by atoms with van der Waals surface area (Å²) in [5.74, 6) is 0.540. The van der Waals surface area contributed by atoms with Gasteiger partial charge in [0.1, 0.15) is 11.6 Å². The van der Waals surface area contributed by atoms with Crippen molar-refractivity contribution < 1.29 is 9.50 Å². The summed E-state index contributed by atoms with van der Waals surface area (Å²) in [5.41, 5.74) is 2.30. The van der Waals surface area contributed by atoms with Gasteiger partial charge in [0, 0.05) is 47.1 Å². The largest absolute Gasteiger partial charge is 0.508 e. The Morgan fingerprint density at radius 3 is 2.67 bits per heavy atom. The normalized spacial score (nSPS) is 11.4. The first-order valence-electron chi connectivity index (χ1n) is 9.74. The molecule has 0 amide bonds. The molecule has 0 unspecified atom stereocenters. The number of likely N-dealkylation sites (N-methyl/N-ethyl adjacent to an activating group) is 1. The predicted octanol–water partition coefficient (Wildman–Crippen LogP) is 5.22. The van der Waals surface area contributed by atoms with E-state index in [0.717, 1.165) is 28.8 Å². The summed E-state index contributed by atoms with van der Waals surface area (Å²) in [6.45, 7) is 3.67. The minimum absolute atomic E-state index is 0.192. The fourth-order valence-corrected chi connectivity index (χ4v) is 3.33. The number of aliphatic imine (C=N–C) groups is 1. The molecule has 0 radical (unpaired) electrons. The molecule has 2 N–H and O–H groups in total. The SMILES string of the molecule is CCN(CCc1ccccn1)C(=NCc1cc(Br)ccc1F)Nc1ccc(O)cc1. The van der Waals surface area contributed by atoms with E-state index in [2.05, 4.69) is 36.1 Å². The number of nitrogens with one attached hydrogen (secondary N) is 1. The predicted molar refractivity (Wildman–Crippen MR) is 122 cm³/mol. The third kappa shape index (κ3) is 6.29. The summed E-state index contributed by atoms with van der Waals surface area (Å²) in [5, 5.41) is 12.9. The second-order valence-electron chi connectivity index (χ2n) is 6.70. The van der Waals surface area contributed by atoms with Crippen molar-refractivity contribution in [3.8, 4) is 5.75 Å². The smallest absolute Gasteiger partial charge is 0.198 e. The van der Waals surface area contributed by atoms with Crippen LogP contribution in [0.4, 0.5) is 10.1 Å². The fourth-order valence-electron chi connectivity index (χ4n) is 2.93. The number of phenols is 1. The molecule has 1 heterocycles. The highest BCUT2D eigenvalue weighted by atomic mass is 79.9. The van der Waals surface area contributed by atoms with E-state index in [1.54, 1.807) is 42.6 Å².